The molecule has 1 atom stereocenters. The molecule has 0 aliphatic carbocycles. The quantitative estimate of drug-likeness (QED) is 0.576. The van der Waals surface area contributed by atoms with Crippen LogP contribution >= 0.6 is 11.8 Å². The van der Waals surface area contributed by atoms with Crippen LogP contribution in [0, 0.1) is 5.92 Å². The number of ether oxygens (including phenoxy) is 1. The van der Waals surface area contributed by atoms with E-state index in [9.17, 15) is 9.59 Å². The largest absolute Gasteiger partial charge is 0.495 e. The van der Waals surface area contributed by atoms with Crippen LogP contribution in [0.25, 0.3) is 0 Å². The monoisotopic (exact) mass is 375 g/mol. The molecule has 0 saturated carbocycles. The number of aryl methyl sites for hydroxylation is 1. The van der Waals surface area contributed by atoms with Crippen LogP contribution in [0.4, 0.5) is 5.69 Å². The average Bonchev–Trinajstić information content (AvgIpc) is 3.24. The Morgan fingerprint density at radius 2 is 2.23 bits per heavy atom. The van der Waals surface area contributed by atoms with Crippen molar-refractivity contribution in [2.24, 2.45) is 13.0 Å². The molecule has 9 heteroatoms. The van der Waals surface area contributed by atoms with Gasteiger partial charge >= 0.3 is 0 Å². The molecule has 1 aromatic heterocycles. The Labute approximate surface area is 155 Å². The summed E-state index contributed by atoms with van der Waals surface area (Å²) < 4.78 is 7.14. The first kappa shape index (κ1) is 18.2. The number of anilines is 1. The summed E-state index contributed by atoms with van der Waals surface area (Å²) in [5.41, 5.74) is 0.702. The van der Waals surface area contributed by atoms with Crippen molar-refractivity contribution in [3.8, 4) is 5.75 Å². The molecule has 1 aromatic carbocycles. The second kappa shape index (κ2) is 8.22. The maximum Gasteiger partial charge on any atom is 0.227 e. The lowest BCUT2D eigenvalue weighted by molar-refractivity contribution is -0.126. The Hall–Kier alpha value is -2.55. The van der Waals surface area contributed by atoms with Crippen LogP contribution in [0.3, 0.4) is 0 Å². The van der Waals surface area contributed by atoms with Crippen molar-refractivity contribution in [2.75, 3.05) is 30.9 Å². The molecule has 1 fully saturated rings. The van der Waals surface area contributed by atoms with E-state index in [0.29, 0.717) is 30.3 Å². The molecular formula is C17H21N5O3S. The van der Waals surface area contributed by atoms with Crippen molar-refractivity contribution >= 4 is 29.3 Å². The molecule has 2 heterocycles. The topological polar surface area (TPSA) is 89.3 Å². The maximum absolute atomic E-state index is 12.4. The van der Waals surface area contributed by atoms with E-state index >= 15 is 0 Å². The number of hydrogen-bond donors (Lipinski definition) is 1. The summed E-state index contributed by atoms with van der Waals surface area (Å²) in [6.45, 7) is 0.872. The lowest BCUT2D eigenvalue weighted by atomic mass is 10.1. The zero-order valence-electron chi connectivity index (χ0n) is 14.7. The number of carbonyl (C=O) groups is 2. The van der Waals surface area contributed by atoms with Crippen molar-refractivity contribution in [1.29, 1.82) is 0 Å². The van der Waals surface area contributed by atoms with E-state index in [0.717, 1.165) is 5.16 Å². The van der Waals surface area contributed by atoms with Crippen LogP contribution in [0.15, 0.2) is 35.7 Å². The third-order valence-corrected chi connectivity index (χ3v) is 5.21. The molecule has 26 heavy (non-hydrogen) atoms. The summed E-state index contributed by atoms with van der Waals surface area (Å²) >= 11 is 1.52. The van der Waals surface area contributed by atoms with Gasteiger partial charge in [0.2, 0.25) is 11.8 Å². The van der Waals surface area contributed by atoms with Gasteiger partial charge in [0.05, 0.1) is 18.7 Å². The number of para-hydroxylation sites is 2. The van der Waals surface area contributed by atoms with Gasteiger partial charge in [-0.25, -0.2) is 0 Å². The Bertz CT molecular complexity index is 794. The smallest absolute Gasteiger partial charge is 0.227 e. The van der Waals surface area contributed by atoms with Gasteiger partial charge < -0.3 is 19.5 Å². The molecule has 0 unspecified atom stereocenters. The first-order valence-electron chi connectivity index (χ1n) is 8.28. The number of methoxy groups -OCH3 is 1. The fraction of sp³-hybridized carbons (Fsp3) is 0.412. The highest BCUT2D eigenvalue weighted by atomic mass is 32.2. The fourth-order valence-corrected chi connectivity index (χ4v) is 3.58. The molecule has 0 spiro atoms. The van der Waals surface area contributed by atoms with Crippen LogP contribution in [-0.4, -0.2) is 52.5 Å². The third kappa shape index (κ3) is 3.98. The average molecular weight is 375 g/mol. The van der Waals surface area contributed by atoms with Crippen LogP contribution in [0.1, 0.15) is 6.42 Å². The molecular weight excluding hydrogens is 354 g/mol. The minimum Gasteiger partial charge on any atom is -0.495 e. The number of hydrogen-bond acceptors (Lipinski definition) is 6. The van der Waals surface area contributed by atoms with Crippen molar-refractivity contribution in [1.82, 2.24) is 20.1 Å². The van der Waals surface area contributed by atoms with E-state index < -0.39 is 0 Å². The van der Waals surface area contributed by atoms with Gasteiger partial charge in [0.25, 0.3) is 0 Å². The second-order valence-electron chi connectivity index (χ2n) is 5.94. The molecule has 2 aromatic rings. The zero-order valence-corrected chi connectivity index (χ0v) is 15.5. The predicted octanol–water partition coefficient (Wildman–Crippen LogP) is 1.09. The lowest BCUT2D eigenvalue weighted by Gasteiger charge is -2.19. The number of nitrogens with one attached hydrogen (secondary N) is 1. The van der Waals surface area contributed by atoms with Gasteiger partial charge in [-0.2, -0.15) is 0 Å². The van der Waals surface area contributed by atoms with Gasteiger partial charge in [0, 0.05) is 32.3 Å². The van der Waals surface area contributed by atoms with Gasteiger partial charge in [-0.3, -0.25) is 9.59 Å². The first-order valence-corrected chi connectivity index (χ1v) is 9.26. The standard InChI is InChI=1S/C17H21N5O3S/c1-21-11-19-20-17(21)26-8-7-18-16(24)12-9-15(23)22(10-12)13-5-3-4-6-14(13)25-2/h3-6,11-12H,7-10H2,1-2H3,(H,18,24)/t12-/m1/s1. The summed E-state index contributed by atoms with van der Waals surface area (Å²) in [5, 5.41) is 11.5. The molecule has 1 saturated heterocycles. The Kier molecular flexibility index (Phi) is 5.77. The highest BCUT2D eigenvalue weighted by Gasteiger charge is 2.36. The van der Waals surface area contributed by atoms with E-state index in [1.165, 1.54) is 11.8 Å². The van der Waals surface area contributed by atoms with E-state index in [1.807, 2.05) is 29.8 Å². The molecule has 0 bridgehead atoms. The maximum atomic E-state index is 12.4. The molecule has 3 rings (SSSR count). The molecule has 8 nitrogen and oxygen atoms in total. The molecule has 1 aliphatic heterocycles. The highest BCUT2D eigenvalue weighted by Crippen LogP contribution is 2.32. The third-order valence-electron chi connectivity index (χ3n) is 4.17. The van der Waals surface area contributed by atoms with Crippen molar-refractivity contribution < 1.29 is 14.3 Å². The van der Waals surface area contributed by atoms with E-state index in [-0.39, 0.29) is 24.2 Å². The molecule has 1 N–H and O–H groups in total. The molecule has 1 aliphatic rings. The second-order valence-corrected chi connectivity index (χ2v) is 7.00. The highest BCUT2D eigenvalue weighted by molar-refractivity contribution is 7.99. The molecule has 2 amide bonds. The Morgan fingerprint density at radius 3 is 2.96 bits per heavy atom. The van der Waals surface area contributed by atoms with Gasteiger partial charge in [0.15, 0.2) is 5.16 Å². The van der Waals surface area contributed by atoms with Crippen molar-refractivity contribution in [2.45, 2.75) is 11.6 Å². The van der Waals surface area contributed by atoms with Gasteiger partial charge in [0.1, 0.15) is 12.1 Å². The van der Waals surface area contributed by atoms with E-state index in [2.05, 4.69) is 15.5 Å². The fourth-order valence-electron chi connectivity index (χ4n) is 2.83. The number of nitrogens with zero attached hydrogens (tertiary/aromatic N) is 4. The molecule has 0 radical (unpaired) electrons. The van der Waals surface area contributed by atoms with Gasteiger partial charge in [-0.1, -0.05) is 23.9 Å². The minimum atomic E-state index is -0.354. The lowest BCUT2D eigenvalue weighted by Crippen LogP contribution is -2.34. The number of benzene rings is 1. The SMILES string of the molecule is COc1ccccc1N1C[C@H](C(=O)NCCSc2nncn2C)CC1=O. The zero-order chi connectivity index (χ0) is 18.5. The summed E-state index contributed by atoms with van der Waals surface area (Å²) in [6.07, 6.45) is 1.85. The minimum absolute atomic E-state index is 0.0666. The first-order chi connectivity index (χ1) is 12.6. The van der Waals surface area contributed by atoms with Gasteiger partial charge in [-0.05, 0) is 12.1 Å². The number of rotatable bonds is 7. The van der Waals surface area contributed by atoms with Crippen molar-refractivity contribution in [3.05, 3.63) is 30.6 Å². The van der Waals surface area contributed by atoms with Crippen molar-refractivity contribution in [3.63, 3.8) is 0 Å². The van der Waals surface area contributed by atoms with E-state index in [4.69, 9.17) is 4.74 Å². The van der Waals surface area contributed by atoms with Crippen LogP contribution in [0.5, 0.6) is 5.75 Å². The van der Waals surface area contributed by atoms with E-state index in [1.54, 1.807) is 24.4 Å². The molecule has 138 valence electrons. The number of carbonyl (C=O) groups excluding carboxylic acids is 2. The number of thioether (sulfide) groups is 1. The van der Waals surface area contributed by atoms with Crippen LogP contribution < -0.4 is 15.0 Å². The number of aromatic nitrogens is 3. The summed E-state index contributed by atoms with van der Waals surface area (Å²) in [7, 11) is 3.44. The van der Waals surface area contributed by atoms with Gasteiger partial charge in [-0.15, -0.1) is 10.2 Å². The number of amides is 2. The summed E-state index contributed by atoms with van der Waals surface area (Å²) in [5.74, 6) is 0.793. The predicted molar refractivity (Wildman–Crippen MR) is 98.2 cm³/mol. The summed E-state index contributed by atoms with van der Waals surface area (Å²) in [4.78, 5) is 26.4. The summed E-state index contributed by atoms with van der Waals surface area (Å²) in [6, 6.07) is 7.33. The van der Waals surface area contributed by atoms with Crippen LogP contribution in [0.2, 0.25) is 0 Å². The normalized spacial score (nSPS) is 16.8. The Balaban J connectivity index is 1.51. The Morgan fingerprint density at radius 1 is 1.42 bits per heavy atom. The van der Waals surface area contributed by atoms with Crippen LogP contribution in [-0.2, 0) is 16.6 Å².